The fourth-order valence-corrected chi connectivity index (χ4v) is 1.35. The van der Waals surface area contributed by atoms with Crippen LogP contribution in [-0.4, -0.2) is 25.2 Å². The molecule has 1 unspecified atom stereocenters. The van der Waals surface area contributed by atoms with Crippen molar-refractivity contribution in [3.8, 4) is 0 Å². The monoisotopic (exact) mass is 169 g/mol. The number of hydrogen-bond donors (Lipinski definition) is 1. The first-order valence-electron chi connectivity index (χ1n) is 4.23. The molecule has 0 saturated carbocycles. The van der Waals surface area contributed by atoms with E-state index in [9.17, 15) is 4.79 Å². The molecule has 0 bridgehead atoms. The lowest BCUT2D eigenvalue weighted by Crippen LogP contribution is -2.40. The van der Waals surface area contributed by atoms with Gasteiger partial charge in [0.1, 0.15) is 6.04 Å². The van der Waals surface area contributed by atoms with Gasteiger partial charge in [-0.25, -0.2) is 0 Å². The number of nitrogens with one attached hydrogen (secondary N) is 1. The van der Waals surface area contributed by atoms with Crippen LogP contribution in [-0.2, 0) is 9.53 Å². The summed E-state index contributed by atoms with van der Waals surface area (Å²) in [4.78, 5) is 11.0. The van der Waals surface area contributed by atoms with Crippen LogP contribution in [0, 0.1) is 0 Å². The number of carbonyl (C=O) groups is 1. The van der Waals surface area contributed by atoms with E-state index in [1.165, 1.54) is 7.11 Å². The van der Waals surface area contributed by atoms with Crippen LogP contribution in [0.15, 0.2) is 12.2 Å². The summed E-state index contributed by atoms with van der Waals surface area (Å²) < 4.78 is 4.60. The molecule has 12 heavy (non-hydrogen) atoms. The van der Waals surface area contributed by atoms with Gasteiger partial charge in [0.15, 0.2) is 0 Å². The quantitative estimate of drug-likeness (QED) is 0.503. The number of rotatable bonds is 3. The molecule has 1 rings (SSSR count). The molecule has 1 atom stereocenters. The maximum Gasteiger partial charge on any atom is 0.322 e. The second-order valence-corrected chi connectivity index (χ2v) is 3.05. The van der Waals surface area contributed by atoms with Crippen molar-refractivity contribution in [1.82, 2.24) is 5.32 Å². The van der Waals surface area contributed by atoms with Crippen molar-refractivity contribution in [1.29, 1.82) is 0 Å². The van der Waals surface area contributed by atoms with Gasteiger partial charge in [0.25, 0.3) is 0 Å². The maximum absolute atomic E-state index is 11.0. The van der Waals surface area contributed by atoms with Crippen molar-refractivity contribution in [2.24, 2.45) is 0 Å². The van der Waals surface area contributed by atoms with Gasteiger partial charge in [-0.05, 0) is 19.8 Å². The van der Waals surface area contributed by atoms with Gasteiger partial charge < -0.3 is 10.1 Å². The van der Waals surface area contributed by atoms with E-state index < -0.39 is 0 Å². The fraction of sp³-hybridized carbons (Fsp3) is 0.667. The summed E-state index contributed by atoms with van der Waals surface area (Å²) in [6.45, 7) is 1.82. The first-order valence-corrected chi connectivity index (χ1v) is 4.23. The largest absolute Gasteiger partial charge is 0.468 e. The van der Waals surface area contributed by atoms with E-state index in [0.717, 1.165) is 12.8 Å². The van der Waals surface area contributed by atoms with Crippen LogP contribution in [0.5, 0.6) is 0 Å². The van der Waals surface area contributed by atoms with Crippen molar-refractivity contribution in [2.45, 2.75) is 31.8 Å². The van der Waals surface area contributed by atoms with Crippen molar-refractivity contribution < 1.29 is 9.53 Å². The van der Waals surface area contributed by atoms with Crippen molar-refractivity contribution in [3.63, 3.8) is 0 Å². The summed E-state index contributed by atoms with van der Waals surface area (Å²) in [5.41, 5.74) is 0. The Morgan fingerprint density at radius 1 is 1.58 bits per heavy atom. The van der Waals surface area contributed by atoms with Crippen molar-refractivity contribution in [3.05, 3.63) is 12.2 Å². The van der Waals surface area contributed by atoms with Gasteiger partial charge in [0, 0.05) is 6.04 Å². The van der Waals surface area contributed by atoms with Crippen LogP contribution >= 0.6 is 0 Å². The third-order valence-electron chi connectivity index (χ3n) is 2.05. The highest BCUT2D eigenvalue weighted by Gasteiger charge is 2.18. The minimum absolute atomic E-state index is 0.193. The molecule has 0 aromatic carbocycles. The van der Waals surface area contributed by atoms with Gasteiger partial charge in [0.2, 0.25) is 0 Å². The average molecular weight is 169 g/mol. The highest BCUT2D eigenvalue weighted by atomic mass is 16.5. The van der Waals surface area contributed by atoms with E-state index >= 15 is 0 Å². The topological polar surface area (TPSA) is 38.3 Å². The van der Waals surface area contributed by atoms with E-state index in [0.29, 0.717) is 6.04 Å². The highest BCUT2D eigenvalue weighted by molar-refractivity contribution is 5.75. The molecule has 0 amide bonds. The van der Waals surface area contributed by atoms with Crippen LogP contribution in [0.4, 0.5) is 0 Å². The van der Waals surface area contributed by atoms with Crippen LogP contribution in [0.2, 0.25) is 0 Å². The van der Waals surface area contributed by atoms with Gasteiger partial charge >= 0.3 is 5.97 Å². The Hall–Kier alpha value is -0.830. The summed E-state index contributed by atoms with van der Waals surface area (Å²) >= 11 is 0. The molecule has 3 heteroatoms. The number of esters is 1. The molecule has 1 aliphatic rings. The molecule has 1 aliphatic carbocycles. The lowest BCUT2D eigenvalue weighted by atomic mass is 10.2. The first kappa shape index (κ1) is 9.26. The molecule has 0 spiro atoms. The molecule has 0 heterocycles. The third-order valence-corrected chi connectivity index (χ3v) is 2.05. The molecule has 3 nitrogen and oxygen atoms in total. The van der Waals surface area contributed by atoms with E-state index in [-0.39, 0.29) is 12.0 Å². The second kappa shape index (κ2) is 4.26. The van der Waals surface area contributed by atoms with Gasteiger partial charge in [-0.3, -0.25) is 4.79 Å². The Morgan fingerprint density at radius 2 is 2.17 bits per heavy atom. The van der Waals surface area contributed by atoms with Gasteiger partial charge in [-0.15, -0.1) is 0 Å². The summed E-state index contributed by atoms with van der Waals surface area (Å²) in [6.07, 6.45) is 6.28. The summed E-state index contributed by atoms with van der Waals surface area (Å²) in [5, 5.41) is 3.19. The average Bonchev–Trinajstić information content (AvgIpc) is 2.55. The molecule has 68 valence electrons. The smallest absolute Gasteiger partial charge is 0.322 e. The third kappa shape index (κ3) is 2.34. The van der Waals surface area contributed by atoms with E-state index in [1.54, 1.807) is 0 Å². The Labute approximate surface area is 72.8 Å². The molecule has 0 aliphatic heterocycles. The zero-order chi connectivity index (χ0) is 8.97. The van der Waals surface area contributed by atoms with Crippen LogP contribution < -0.4 is 5.32 Å². The standard InChI is InChI=1S/C9H15NO2/c1-7(9(11)12-2)10-8-5-3-4-6-8/h3-4,7-8,10H,5-6H2,1-2H3. The fourth-order valence-electron chi connectivity index (χ4n) is 1.35. The maximum atomic E-state index is 11.0. The van der Waals surface area contributed by atoms with Gasteiger partial charge in [-0.2, -0.15) is 0 Å². The molecule has 0 saturated heterocycles. The summed E-state index contributed by atoms with van der Waals surface area (Å²) in [5.74, 6) is -0.193. The first-order chi connectivity index (χ1) is 5.74. The van der Waals surface area contributed by atoms with Crippen LogP contribution in [0.25, 0.3) is 0 Å². The predicted octanol–water partition coefficient (Wildman–Crippen LogP) is 0.856. The van der Waals surface area contributed by atoms with Crippen LogP contribution in [0.3, 0.4) is 0 Å². The lowest BCUT2D eigenvalue weighted by molar-refractivity contribution is -0.142. The SMILES string of the molecule is COC(=O)C(C)NC1CC=CC1. The Morgan fingerprint density at radius 3 is 2.67 bits per heavy atom. The zero-order valence-corrected chi connectivity index (χ0v) is 7.54. The number of hydrogen-bond acceptors (Lipinski definition) is 3. The van der Waals surface area contributed by atoms with E-state index in [1.807, 2.05) is 6.92 Å². The Balaban J connectivity index is 2.25. The van der Waals surface area contributed by atoms with Crippen LogP contribution in [0.1, 0.15) is 19.8 Å². The molecule has 0 radical (unpaired) electrons. The second-order valence-electron chi connectivity index (χ2n) is 3.05. The van der Waals surface area contributed by atoms with Crippen molar-refractivity contribution in [2.75, 3.05) is 7.11 Å². The van der Waals surface area contributed by atoms with Crippen molar-refractivity contribution >= 4 is 5.97 Å². The van der Waals surface area contributed by atoms with Gasteiger partial charge in [-0.1, -0.05) is 12.2 Å². The molecular weight excluding hydrogens is 154 g/mol. The number of ether oxygens (including phenoxy) is 1. The normalized spacial score (nSPS) is 19.5. The summed E-state index contributed by atoms with van der Waals surface area (Å²) in [6, 6.07) is 0.221. The zero-order valence-electron chi connectivity index (χ0n) is 7.54. The number of carbonyl (C=O) groups excluding carboxylic acids is 1. The highest BCUT2D eigenvalue weighted by Crippen LogP contribution is 2.09. The molecule has 0 aromatic rings. The molecule has 0 fully saturated rings. The number of methoxy groups -OCH3 is 1. The van der Waals surface area contributed by atoms with E-state index in [4.69, 9.17) is 0 Å². The lowest BCUT2D eigenvalue weighted by Gasteiger charge is -2.16. The predicted molar refractivity (Wildman–Crippen MR) is 46.8 cm³/mol. The van der Waals surface area contributed by atoms with E-state index in [2.05, 4.69) is 22.2 Å². The molecular formula is C9H15NO2. The summed E-state index contributed by atoms with van der Waals surface area (Å²) in [7, 11) is 1.41. The molecule has 0 aromatic heterocycles. The Kier molecular flexibility index (Phi) is 3.29. The minimum atomic E-state index is -0.195. The molecule has 1 N–H and O–H groups in total. The Bertz CT molecular complexity index is 181. The minimum Gasteiger partial charge on any atom is -0.468 e. The van der Waals surface area contributed by atoms with Gasteiger partial charge in [0.05, 0.1) is 7.11 Å².